The van der Waals surface area contributed by atoms with Gasteiger partial charge in [-0.25, -0.2) is 0 Å². The van der Waals surface area contributed by atoms with Gasteiger partial charge in [-0.3, -0.25) is 0 Å². The predicted molar refractivity (Wildman–Crippen MR) is 91.7 cm³/mol. The van der Waals surface area contributed by atoms with E-state index in [2.05, 4.69) is 73.2 Å². The summed E-state index contributed by atoms with van der Waals surface area (Å²) in [7, 11) is 0. The third-order valence-electron chi connectivity index (χ3n) is 3.01. The molecule has 0 amide bonds. The van der Waals surface area contributed by atoms with Crippen molar-refractivity contribution in [3.05, 3.63) is 34.3 Å². The summed E-state index contributed by atoms with van der Waals surface area (Å²) in [5.74, 6) is 0. The van der Waals surface area contributed by atoms with Gasteiger partial charge in [0.15, 0.2) is 0 Å². The highest BCUT2D eigenvalue weighted by molar-refractivity contribution is 9.10. The Kier molecular flexibility index (Phi) is 7.88. The van der Waals surface area contributed by atoms with Gasteiger partial charge in [0.05, 0.1) is 18.8 Å². The Labute approximate surface area is 137 Å². The molecule has 2 atom stereocenters. The van der Waals surface area contributed by atoms with Crippen molar-refractivity contribution >= 4 is 15.9 Å². The summed E-state index contributed by atoms with van der Waals surface area (Å²) in [4.78, 5) is 0. The number of halogens is 1. The van der Waals surface area contributed by atoms with Crippen molar-refractivity contribution in [2.75, 3.05) is 19.8 Å². The lowest BCUT2D eigenvalue weighted by molar-refractivity contribution is -0.0486. The van der Waals surface area contributed by atoms with Crippen LogP contribution in [0.3, 0.4) is 0 Å². The second-order valence-corrected chi connectivity index (χ2v) is 7.19. The molecule has 0 spiro atoms. The minimum Gasteiger partial charge on any atom is -0.379 e. The van der Waals surface area contributed by atoms with Crippen LogP contribution < -0.4 is 5.32 Å². The number of hydrogen-bond donors (Lipinski definition) is 1. The minimum atomic E-state index is 0.0211. The predicted octanol–water partition coefficient (Wildman–Crippen LogP) is 4.32. The number of rotatable bonds is 8. The average Bonchev–Trinajstić information content (AvgIpc) is 2.41. The number of ether oxygens (including phenoxy) is 2. The quantitative estimate of drug-likeness (QED) is 0.751. The van der Waals surface area contributed by atoms with Crippen LogP contribution in [0.1, 0.15) is 46.3 Å². The fourth-order valence-corrected chi connectivity index (χ4v) is 2.19. The molecule has 0 aliphatic rings. The summed E-state index contributed by atoms with van der Waals surface area (Å²) in [5, 5.41) is 3.52. The van der Waals surface area contributed by atoms with Gasteiger partial charge in [0, 0.05) is 23.2 Å². The van der Waals surface area contributed by atoms with Crippen LogP contribution >= 0.6 is 15.9 Å². The van der Waals surface area contributed by atoms with E-state index in [1.165, 1.54) is 5.56 Å². The van der Waals surface area contributed by atoms with Gasteiger partial charge in [-0.15, -0.1) is 0 Å². The lowest BCUT2D eigenvalue weighted by Crippen LogP contribution is -2.39. The molecule has 0 heterocycles. The van der Waals surface area contributed by atoms with E-state index in [0.29, 0.717) is 6.61 Å². The monoisotopic (exact) mass is 357 g/mol. The normalized spacial score (nSPS) is 15.0. The molecule has 0 bridgehead atoms. The molecule has 0 fully saturated rings. The lowest BCUT2D eigenvalue weighted by atomic mass is 10.1. The summed E-state index contributed by atoms with van der Waals surface area (Å²) in [6, 6.07) is 8.31. The van der Waals surface area contributed by atoms with Crippen LogP contribution in [-0.2, 0) is 9.47 Å². The Morgan fingerprint density at radius 2 is 1.81 bits per heavy atom. The summed E-state index contributed by atoms with van der Waals surface area (Å²) in [5.41, 5.74) is 1.25. The molecule has 1 N–H and O–H groups in total. The van der Waals surface area contributed by atoms with Crippen molar-refractivity contribution in [2.24, 2.45) is 0 Å². The Morgan fingerprint density at radius 3 is 2.33 bits per heavy atom. The third-order valence-corrected chi connectivity index (χ3v) is 3.54. The topological polar surface area (TPSA) is 30.5 Å². The van der Waals surface area contributed by atoms with Gasteiger partial charge in [0.1, 0.15) is 0 Å². The molecular formula is C17H28BrNO2. The maximum Gasteiger partial charge on any atom is 0.0954 e. The van der Waals surface area contributed by atoms with Crippen LogP contribution in [0.2, 0.25) is 0 Å². The van der Waals surface area contributed by atoms with E-state index in [1.807, 2.05) is 6.92 Å². The van der Waals surface area contributed by atoms with E-state index in [9.17, 15) is 0 Å². The van der Waals surface area contributed by atoms with Gasteiger partial charge in [0.25, 0.3) is 0 Å². The van der Waals surface area contributed by atoms with Crippen molar-refractivity contribution in [1.82, 2.24) is 5.32 Å². The molecule has 1 aromatic rings. The van der Waals surface area contributed by atoms with Crippen LogP contribution in [-0.4, -0.2) is 31.4 Å². The van der Waals surface area contributed by atoms with Crippen LogP contribution in [0.25, 0.3) is 0 Å². The van der Waals surface area contributed by atoms with Gasteiger partial charge < -0.3 is 14.8 Å². The fourth-order valence-electron chi connectivity index (χ4n) is 1.92. The first-order valence-corrected chi connectivity index (χ1v) is 8.35. The van der Waals surface area contributed by atoms with E-state index in [1.54, 1.807) is 0 Å². The summed E-state index contributed by atoms with van der Waals surface area (Å²) in [6.45, 7) is 12.7. The Bertz CT molecular complexity index is 400. The van der Waals surface area contributed by atoms with Crippen molar-refractivity contribution in [3.63, 3.8) is 0 Å². The second-order valence-electron chi connectivity index (χ2n) is 6.28. The highest BCUT2D eigenvalue weighted by Crippen LogP contribution is 2.22. The summed E-state index contributed by atoms with van der Waals surface area (Å²) >= 11 is 3.47. The molecular weight excluding hydrogens is 330 g/mol. The fraction of sp³-hybridized carbons (Fsp3) is 0.647. The van der Waals surface area contributed by atoms with Crippen molar-refractivity contribution in [3.8, 4) is 0 Å². The smallest absolute Gasteiger partial charge is 0.0954 e. The number of nitrogens with one attached hydrogen (secondary N) is 1. The Hall–Kier alpha value is -0.420. The summed E-state index contributed by atoms with van der Waals surface area (Å²) in [6.07, 6.45) is 0.0909. The molecule has 0 aromatic heterocycles. The molecule has 0 radical (unpaired) electrons. The third kappa shape index (κ3) is 7.96. The molecule has 0 aliphatic heterocycles. The molecule has 120 valence electrons. The Balaban J connectivity index is 2.71. The molecule has 3 nitrogen and oxygen atoms in total. The van der Waals surface area contributed by atoms with E-state index >= 15 is 0 Å². The van der Waals surface area contributed by atoms with Crippen LogP contribution in [0.15, 0.2) is 28.7 Å². The maximum absolute atomic E-state index is 6.17. The first-order valence-electron chi connectivity index (χ1n) is 7.55. The highest BCUT2D eigenvalue weighted by Gasteiger charge is 2.19. The van der Waals surface area contributed by atoms with E-state index in [4.69, 9.17) is 9.47 Å². The van der Waals surface area contributed by atoms with Gasteiger partial charge in [-0.1, -0.05) is 28.1 Å². The molecule has 4 heteroatoms. The van der Waals surface area contributed by atoms with Gasteiger partial charge in [-0.05, 0) is 52.3 Å². The second kappa shape index (κ2) is 8.89. The zero-order valence-electron chi connectivity index (χ0n) is 13.8. The first kappa shape index (κ1) is 18.6. The number of benzene rings is 1. The average molecular weight is 358 g/mol. The molecule has 0 aliphatic carbocycles. The van der Waals surface area contributed by atoms with Crippen molar-refractivity contribution in [1.29, 1.82) is 0 Å². The SMILES string of the molecule is CCOCC(C)OC(CNC(C)(C)C)c1ccc(Br)cc1. The van der Waals surface area contributed by atoms with Crippen LogP contribution in [0.5, 0.6) is 0 Å². The Morgan fingerprint density at radius 1 is 1.19 bits per heavy atom. The van der Waals surface area contributed by atoms with Gasteiger partial charge in [-0.2, -0.15) is 0 Å². The highest BCUT2D eigenvalue weighted by atomic mass is 79.9. The standard InChI is InChI=1S/C17H28BrNO2/c1-6-20-12-13(2)21-16(11-19-17(3,4)5)14-7-9-15(18)10-8-14/h7-10,13,16,19H,6,11-12H2,1-5H3. The van der Waals surface area contributed by atoms with Crippen molar-refractivity contribution in [2.45, 2.75) is 52.4 Å². The molecule has 0 saturated heterocycles. The summed E-state index contributed by atoms with van der Waals surface area (Å²) < 4.78 is 12.7. The van der Waals surface area contributed by atoms with E-state index in [0.717, 1.165) is 17.6 Å². The molecule has 1 aromatic carbocycles. The largest absolute Gasteiger partial charge is 0.379 e. The maximum atomic E-state index is 6.17. The van der Waals surface area contributed by atoms with E-state index in [-0.39, 0.29) is 17.7 Å². The zero-order valence-corrected chi connectivity index (χ0v) is 15.4. The van der Waals surface area contributed by atoms with Crippen LogP contribution in [0, 0.1) is 0 Å². The minimum absolute atomic E-state index is 0.0211. The van der Waals surface area contributed by atoms with Gasteiger partial charge in [0.2, 0.25) is 0 Å². The molecule has 0 saturated carbocycles. The van der Waals surface area contributed by atoms with E-state index < -0.39 is 0 Å². The zero-order chi connectivity index (χ0) is 15.9. The lowest BCUT2D eigenvalue weighted by Gasteiger charge is -2.28. The van der Waals surface area contributed by atoms with Gasteiger partial charge >= 0.3 is 0 Å². The first-order chi connectivity index (χ1) is 9.81. The molecule has 21 heavy (non-hydrogen) atoms. The van der Waals surface area contributed by atoms with Crippen molar-refractivity contribution < 1.29 is 9.47 Å². The van der Waals surface area contributed by atoms with Crippen LogP contribution in [0.4, 0.5) is 0 Å². The molecule has 1 rings (SSSR count). The molecule has 2 unspecified atom stereocenters. The number of hydrogen-bond acceptors (Lipinski definition) is 3.